The molecule has 6 heteroatoms. The lowest BCUT2D eigenvalue weighted by molar-refractivity contribution is -0.121. The molecule has 1 aromatic heterocycles. The predicted octanol–water partition coefficient (Wildman–Crippen LogP) is 2.34. The Balaban J connectivity index is 0.00000208. The number of nitrogens with one attached hydrogen (secondary N) is 2. The molecule has 1 aromatic carbocycles. The summed E-state index contributed by atoms with van der Waals surface area (Å²) in [6.07, 6.45) is 6.28. The van der Waals surface area contributed by atoms with Crippen molar-refractivity contribution in [2.24, 2.45) is 5.41 Å². The van der Waals surface area contributed by atoms with Gasteiger partial charge in [-0.1, -0.05) is 25.1 Å². The molecule has 0 radical (unpaired) electrons. The molecule has 1 aliphatic rings. The standard InChI is InChI=1S/C18H24N4O.ClH/c1-18(7-9-19-10-8-18)14-20-17(23)11-15-12-21-22(13-15)16-5-3-2-4-6-16;/h2-6,12-13,19H,7-11,14H2,1H3,(H,20,23);1H. The summed E-state index contributed by atoms with van der Waals surface area (Å²) in [5, 5.41) is 10.8. The Hall–Kier alpha value is -1.85. The highest BCUT2D eigenvalue weighted by atomic mass is 35.5. The molecule has 130 valence electrons. The Bertz CT molecular complexity index is 650. The van der Waals surface area contributed by atoms with E-state index in [1.54, 1.807) is 10.9 Å². The summed E-state index contributed by atoms with van der Waals surface area (Å²) in [5.74, 6) is 0.0670. The van der Waals surface area contributed by atoms with Crippen LogP contribution in [0.15, 0.2) is 42.7 Å². The summed E-state index contributed by atoms with van der Waals surface area (Å²) in [6.45, 7) is 5.08. The first-order valence-electron chi connectivity index (χ1n) is 8.21. The molecule has 1 aliphatic heterocycles. The number of aromatic nitrogens is 2. The third-order valence-corrected chi connectivity index (χ3v) is 4.54. The first-order valence-corrected chi connectivity index (χ1v) is 8.21. The first-order chi connectivity index (χ1) is 11.1. The fourth-order valence-corrected chi connectivity index (χ4v) is 2.94. The molecular formula is C18H25ClN4O. The van der Waals surface area contributed by atoms with Gasteiger partial charge in [0.25, 0.3) is 0 Å². The van der Waals surface area contributed by atoms with Crippen LogP contribution in [0.1, 0.15) is 25.3 Å². The maximum atomic E-state index is 12.2. The van der Waals surface area contributed by atoms with Gasteiger partial charge in [-0.2, -0.15) is 5.10 Å². The molecular weight excluding hydrogens is 324 g/mol. The van der Waals surface area contributed by atoms with Gasteiger partial charge in [0.15, 0.2) is 0 Å². The van der Waals surface area contributed by atoms with Crippen molar-refractivity contribution in [3.63, 3.8) is 0 Å². The normalized spacial score (nSPS) is 16.2. The van der Waals surface area contributed by atoms with Crippen LogP contribution in [0.2, 0.25) is 0 Å². The summed E-state index contributed by atoms with van der Waals surface area (Å²) >= 11 is 0. The molecule has 2 heterocycles. The van der Waals surface area contributed by atoms with Crippen LogP contribution >= 0.6 is 12.4 Å². The molecule has 0 unspecified atom stereocenters. The predicted molar refractivity (Wildman–Crippen MR) is 97.7 cm³/mol. The van der Waals surface area contributed by atoms with Gasteiger partial charge in [0.2, 0.25) is 5.91 Å². The second-order valence-corrected chi connectivity index (χ2v) is 6.64. The number of piperidine rings is 1. The van der Waals surface area contributed by atoms with Crippen LogP contribution in [-0.2, 0) is 11.2 Å². The lowest BCUT2D eigenvalue weighted by atomic mass is 9.81. The minimum atomic E-state index is 0. The molecule has 3 rings (SSSR count). The van der Waals surface area contributed by atoms with Gasteiger partial charge in [0.1, 0.15) is 0 Å². The van der Waals surface area contributed by atoms with Crippen LogP contribution in [0.4, 0.5) is 0 Å². The van der Waals surface area contributed by atoms with Crippen molar-refractivity contribution in [2.75, 3.05) is 19.6 Å². The number of para-hydroxylation sites is 1. The molecule has 24 heavy (non-hydrogen) atoms. The number of hydrogen-bond donors (Lipinski definition) is 2. The molecule has 0 atom stereocenters. The summed E-state index contributed by atoms with van der Waals surface area (Å²) in [4.78, 5) is 12.2. The van der Waals surface area contributed by atoms with Crippen LogP contribution in [0.25, 0.3) is 5.69 Å². The van der Waals surface area contributed by atoms with E-state index >= 15 is 0 Å². The van der Waals surface area contributed by atoms with E-state index in [1.807, 2.05) is 36.5 Å². The average molecular weight is 349 g/mol. The maximum absolute atomic E-state index is 12.2. The smallest absolute Gasteiger partial charge is 0.224 e. The van der Waals surface area contributed by atoms with Gasteiger partial charge < -0.3 is 10.6 Å². The van der Waals surface area contributed by atoms with Crippen LogP contribution in [0.5, 0.6) is 0 Å². The SMILES string of the molecule is CC1(CNC(=O)Cc2cnn(-c3ccccc3)c2)CCNCC1.Cl. The highest BCUT2D eigenvalue weighted by Crippen LogP contribution is 2.26. The summed E-state index contributed by atoms with van der Waals surface area (Å²) in [6, 6.07) is 9.92. The van der Waals surface area contributed by atoms with Crippen molar-refractivity contribution >= 4 is 18.3 Å². The Morgan fingerprint density at radius 2 is 2.00 bits per heavy atom. The maximum Gasteiger partial charge on any atom is 0.224 e. The summed E-state index contributed by atoms with van der Waals surface area (Å²) in [7, 11) is 0. The fourth-order valence-electron chi connectivity index (χ4n) is 2.94. The Labute approximate surface area is 149 Å². The zero-order valence-electron chi connectivity index (χ0n) is 14.0. The van der Waals surface area contributed by atoms with Gasteiger partial charge in [-0.15, -0.1) is 12.4 Å². The molecule has 0 spiro atoms. The van der Waals surface area contributed by atoms with Gasteiger partial charge in [0.05, 0.1) is 18.3 Å². The number of amides is 1. The van der Waals surface area contributed by atoms with E-state index in [4.69, 9.17) is 0 Å². The molecule has 1 fully saturated rings. The zero-order valence-corrected chi connectivity index (χ0v) is 14.8. The van der Waals surface area contributed by atoms with Crippen LogP contribution in [-0.4, -0.2) is 35.3 Å². The molecule has 1 saturated heterocycles. The van der Waals surface area contributed by atoms with Gasteiger partial charge in [-0.3, -0.25) is 4.79 Å². The van der Waals surface area contributed by atoms with E-state index < -0.39 is 0 Å². The highest BCUT2D eigenvalue weighted by Gasteiger charge is 2.26. The monoisotopic (exact) mass is 348 g/mol. The van der Waals surface area contributed by atoms with Crippen LogP contribution in [0.3, 0.4) is 0 Å². The lowest BCUT2D eigenvalue weighted by Gasteiger charge is -2.34. The van der Waals surface area contributed by atoms with E-state index in [2.05, 4.69) is 22.7 Å². The van der Waals surface area contributed by atoms with Crippen LogP contribution < -0.4 is 10.6 Å². The molecule has 1 amide bonds. The minimum absolute atomic E-state index is 0. The van der Waals surface area contributed by atoms with E-state index in [0.717, 1.165) is 43.7 Å². The van der Waals surface area contributed by atoms with Gasteiger partial charge in [-0.25, -0.2) is 4.68 Å². The second kappa shape index (κ2) is 8.31. The number of rotatable bonds is 5. The largest absolute Gasteiger partial charge is 0.355 e. The van der Waals surface area contributed by atoms with E-state index in [9.17, 15) is 4.79 Å². The third kappa shape index (κ3) is 4.82. The number of benzene rings is 1. The third-order valence-electron chi connectivity index (χ3n) is 4.54. The van der Waals surface area contributed by atoms with E-state index in [1.165, 1.54) is 0 Å². The number of carbonyl (C=O) groups excluding carboxylic acids is 1. The molecule has 2 N–H and O–H groups in total. The van der Waals surface area contributed by atoms with Gasteiger partial charge >= 0.3 is 0 Å². The average Bonchev–Trinajstić information content (AvgIpc) is 3.03. The Morgan fingerprint density at radius 1 is 1.29 bits per heavy atom. The highest BCUT2D eigenvalue weighted by molar-refractivity contribution is 5.85. The minimum Gasteiger partial charge on any atom is -0.355 e. The summed E-state index contributed by atoms with van der Waals surface area (Å²) < 4.78 is 1.80. The van der Waals surface area contributed by atoms with Gasteiger partial charge in [0, 0.05) is 12.7 Å². The van der Waals surface area contributed by atoms with Gasteiger partial charge in [-0.05, 0) is 49.0 Å². The molecule has 5 nitrogen and oxygen atoms in total. The van der Waals surface area contributed by atoms with Crippen molar-refractivity contribution in [1.29, 1.82) is 0 Å². The molecule has 2 aromatic rings. The molecule has 0 aliphatic carbocycles. The lowest BCUT2D eigenvalue weighted by Crippen LogP contribution is -2.43. The number of carbonyl (C=O) groups is 1. The summed E-state index contributed by atoms with van der Waals surface area (Å²) in [5.41, 5.74) is 2.15. The van der Waals surface area contributed by atoms with Crippen molar-refractivity contribution in [2.45, 2.75) is 26.2 Å². The number of nitrogens with zero attached hydrogens (tertiary/aromatic N) is 2. The van der Waals surface area contributed by atoms with Crippen LogP contribution in [0, 0.1) is 5.41 Å². The van der Waals surface area contributed by atoms with Crippen molar-refractivity contribution < 1.29 is 4.79 Å². The second-order valence-electron chi connectivity index (χ2n) is 6.64. The van der Waals surface area contributed by atoms with E-state index in [-0.39, 0.29) is 23.7 Å². The van der Waals surface area contributed by atoms with Crippen molar-refractivity contribution in [1.82, 2.24) is 20.4 Å². The quantitative estimate of drug-likeness (QED) is 0.872. The van der Waals surface area contributed by atoms with Crippen molar-refractivity contribution in [3.8, 4) is 5.69 Å². The zero-order chi connectivity index (χ0) is 16.1. The number of hydrogen-bond acceptors (Lipinski definition) is 3. The van der Waals surface area contributed by atoms with E-state index in [0.29, 0.717) is 6.42 Å². The molecule has 0 saturated carbocycles. The molecule has 0 bridgehead atoms. The first kappa shape index (κ1) is 18.5. The Kier molecular flexibility index (Phi) is 6.40. The topological polar surface area (TPSA) is 59.0 Å². The van der Waals surface area contributed by atoms with Crippen molar-refractivity contribution in [3.05, 3.63) is 48.3 Å². The fraction of sp³-hybridized carbons (Fsp3) is 0.444. The number of halogens is 1. The Morgan fingerprint density at radius 3 is 2.71 bits per heavy atom.